The summed E-state index contributed by atoms with van der Waals surface area (Å²) in [6, 6.07) is 9.43. The van der Waals surface area contributed by atoms with Crippen molar-refractivity contribution >= 4 is 11.9 Å². The van der Waals surface area contributed by atoms with E-state index in [-0.39, 0.29) is 31.4 Å². The average molecular weight is 439 g/mol. The Morgan fingerprint density at radius 2 is 1.39 bits per heavy atom. The number of esters is 2. The van der Waals surface area contributed by atoms with Gasteiger partial charge in [0.05, 0.1) is 24.0 Å². The summed E-state index contributed by atoms with van der Waals surface area (Å²) in [5, 5.41) is 10.8. The molecule has 0 bridgehead atoms. The molecule has 7 nitrogen and oxygen atoms in total. The number of carbonyl (C=O) groups excluding carboxylic acids is 2. The molecule has 0 heterocycles. The quantitative estimate of drug-likeness (QED) is 0.499. The normalized spacial score (nSPS) is 16.6. The van der Waals surface area contributed by atoms with Crippen molar-refractivity contribution in [1.82, 2.24) is 0 Å². The van der Waals surface area contributed by atoms with Crippen LogP contribution in [0.5, 0.6) is 0 Å². The zero-order valence-corrected chi connectivity index (χ0v) is 19.8. The summed E-state index contributed by atoms with van der Waals surface area (Å²) < 4.78 is 21.7. The summed E-state index contributed by atoms with van der Waals surface area (Å²) in [6.07, 6.45) is -1.81. The number of carbonyl (C=O) groups is 2. The van der Waals surface area contributed by atoms with Gasteiger partial charge in [0.2, 0.25) is 0 Å². The Balaban J connectivity index is 2.64. The maximum atomic E-state index is 12.4. The fraction of sp³-hybridized carbons (Fsp3) is 0.667. The first-order valence-corrected chi connectivity index (χ1v) is 10.7. The van der Waals surface area contributed by atoms with Crippen LogP contribution in [-0.2, 0) is 35.1 Å². The van der Waals surface area contributed by atoms with Crippen molar-refractivity contribution in [1.29, 1.82) is 0 Å². The molecule has 7 heteroatoms. The Morgan fingerprint density at radius 1 is 0.903 bits per heavy atom. The first-order valence-electron chi connectivity index (χ1n) is 10.7. The molecule has 0 aliphatic heterocycles. The molecule has 31 heavy (non-hydrogen) atoms. The molecule has 0 amide bonds. The van der Waals surface area contributed by atoms with E-state index in [9.17, 15) is 14.7 Å². The van der Waals surface area contributed by atoms with Gasteiger partial charge >= 0.3 is 11.9 Å². The zero-order chi connectivity index (χ0) is 23.6. The van der Waals surface area contributed by atoms with Crippen LogP contribution >= 0.6 is 0 Å². The van der Waals surface area contributed by atoms with Crippen LogP contribution in [0.1, 0.15) is 53.0 Å². The maximum absolute atomic E-state index is 12.4. The molecule has 0 radical (unpaired) electrons. The van der Waals surface area contributed by atoms with E-state index in [1.165, 1.54) is 14.2 Å². The molecule has 0 saturated heterocycles. The number of aliphatic hydroxyl groups is 1. The predicted octanol–water partition coefficient (Wildman–Crippen LogP) is 3.51. The number of ether oxygens (including phenoxy) is 4. The van der Waals surface area contributed by atoms with E-state index in [1.54, 1.807) is 34.6 Å². The second-order valence-electron chi connectivity index (χ2n) is 8.94. The van der Waals surface area contributed by atoms with Crippen molar-refractivity contribution in [3.8, 4) is 0 Å². The highest BCUT2D eigenvalue weighted by atomic mass is 16.6. The molecule has 0 saturated carbocycles. The number of hydrogen-bond donors (Lipinski definition) is 1. The van der Waals surface area contributed by atoms with Crippen molar-refractivity contribution in [2.24, 2.45) is 11.8 Å². The summed E-state index contributed by atoms with van der Waals surface area (Å²) in [7, 11) is 2.94. The Hall–Kier alpha value is -1.96. The standard InChI is InChI=1S/C24H38O7/c1-16(22(26)30-15-18-11-9-8-10-12-18)13-19(28-6)21(25)20(29-7)14-17(2)23(27)31-24(3,4)5/h8-12,16-17,19-21,25H,13-15H2,1-7H3/t16-,17-,19+,20+,21-/m1/s1. The Bertz CT molecular complexity index is 668. The average Bonchev–Trinajstić information content (AvgIpc) is 2.72. The topological polar surface area (TPSA) is 91.3 Å². The lowest BCUT2D eigenvalue weighted by atomic mass is 9.92. The van der Waals surface area contributed by atoms with Crippen LogP contribution in [0.15, 0.2) is 30.3 Å². The van der Waals surface area contributed by atoms with Gasteiger partial charge in [-0.05, 0) is 39.2 Å². The van der Waals surface area contributed by atoms with E-state index in [0.29, 0.717) is 0 Å². The second-order valence-corrected chi connectivity index (χ2v) is 8.94. The molecule has 1 N–H and O–H groups in total. The van der Waals surface area contributed by atoms with E-state index in [4.69, 9.17) is 18.9 Å². The van der Waals surface area contributed by atoms with Gasteiger partial charge < -0.3 is 24.1 Å². The van der Waals surface area contributed by atoms with Crippen LogP contribution in [0.4, 0.5) is 0 Å². The highest BCUT2D eigenvalue weighted by Gasteiger charge is 2.34. The van der Waals surface area contributed by atoms with E-state index >= 15 is 0 Å². The van der Waals surface area contributed by atoms with Gasteiger partial charge in [-0.2, -0.15) is 0 Å². The van der Waals surface area contributed by atoms with Gasteiger partial charge in [0.25, 0.3) is 0 Å². The fourth-order valence-corrected chi connectivity index (χ4v) is 3.15. The van der Waals surface area contributed by atoms with Crippen LogP contribution in [0.3, 0.4) is 0 Å². The van der Waals surface area contributed by atoms with Crippen LogP contribution in [0, 0.1) is 11.8 Å². The van der Waals surface area contributed by atoms with Crippen LogP contribution in [-0.4, -0.2) is 55.2 Å². The van der Waals surface area contributed by atoms with Gasteiger partial charge in [-0.15, -0.1) is 0 Å². The van der Waals surface area contributed by atoms with Gasteiger partial charge in [-0.1, -0.05) is 44.2 Å². The number of hydrogen-bond acceptors (Lipinski definition) is 7. The number of benzene rings is 1. The Morgan fingerprint density at radius 3 is 1.84 bits per heavy atom. The SMILES string of the molecule is CO[C@@H](C[C@@H](C)C(=O)OCc1ccccc1)[C@@H](O)[C@H](C[C@@H](C)C(=O)OC(C)(C)C)OC. The van der Waals surface area contributed by atoms with Crippen molar-refractivity contribution in [2.75, 3.05) is 14.2 Å². The molecule has 0 aromatic heterocycles. The molecule has 0 aliphatic carbocycles. The first kappa shape index (κ1) is 27.1. The third kappa shape index (κ3) is 9.80. The zero-order valence-electron chi connectivity index (χ0n) is 19.8. The molecule has 1 aromatic carbocycles. The van der Waals surface area contributed by atoms with Gasteiger partial charge in [-0.3, -0.25) is 9.59 Å². The van der Waals surface area contributed by atoms with Crippen molar-refractivity contribution in [3.05, 3.63) is 35.9 Å². The van der Waals surface area contributed by atoms with Crippen LogP contribution < -0.4 is 0 Å². The minimum Gasteiger partial charge on any atom is -0.461 e. The van der Waals surface area contributed by atoms with Crippen molar-refractivity contribution < 1.29 is 33.6 Å². The van der Waals surface area contributed by atoms with Gasteiger partial charge in [0, 0.05) is 14.2 Å². The third-order valence-electron chi connectivity index (χ3n) is 4.97. The minimum absolute atomic E-state index is 0.193. The lowest BCUT2D eigenvalue weighted by Crippen LogP contribution is -2.43. The van der Waals surface area contributed by atoms with Crippen molar-refractivity contribution in [3.63, 3.8) is 0 Å². The molecule has 0 aliphatic rings. The van der Waals surface area contributed by atoms with E-state index in [0.717, 1.165) is 5.56 Å². The van der Waals surface area contributed by atoms with E-state index in [1.807, 2.05) is 30.3 Å². The number of rotatable bonds is 12. The molecule has 0 spiro atoms. The first-order chi connectivity index (χ1) is 14.5. The number of methoxy groups -OCH3 is 2. The summed E-state index contributed by atoms with van der Waals surface area (Å²) in [5.74, 6) is -1.67. The third-order valence-corrected chi connectivity index (χ3v) is 4.97. The van der Waals surface area contributed by atoms with Gasteiger partial charge in [-0.25, -0.2) is 0 Å². The highest BCUT2D eigenvalue weighted by Crippen LogP contribution is 2.23. The Kier molecular flexibility index (Phi) is 11.2. The van der Waals surface area contributed by atoms with Crippen LogP contribution in [0.2, 0.25) is 0 Å². The smallest absolute Gasteiger partial charge is 0.309 e. The minimum atomic E-state index is -1.02. The summed E-state index contributed by atoms with van der Waals surface area (Å²) in [4.78, 5) is 24.7. The second kappa shape index (κ2) is 12.8. The number of aliphatic hydroxyl groups excluding tert-OH is 1. The lowest BCUT2D eigenvalue weighted by molar-refractivity contribution is -0.162. The van der Waals surface area contributed by atoms with E-state index in [2.05, 4.69) is 0 Å². The largest absolute Gasteiger partial charge is 0.461 e. The van der Waals surface area contributed by atoms with Crippen molar-refractivity contribution in [2.45, 2.75) is 78.0 Å². The fourth-order valence-electron chi connectivity index (χ4n) is 3.15. The Labute approximate surface area is 186 Å². The van der Waals surface area contributed by atoms with Crippen LogP contribution in [0.25, 0.3) is 0 Å². The molecule has 1 aromatic rings. The molecule has 0 fully saturated rings. The van der Waals surface area contributed by atoms with Gasteiger partial charge in [0.1, 0.15) is 18.3 Å². The molecular weight excluding hydrogens is 400 g/mol. The van der Waals surface area contributed by atoms with Gasteiger partial charge in [0.15, 0.2) is 0 Å². The molecule has 5 atom stereocenters. The lowest BCUT2D eigenvalue weighted by Gasteiger charge is -2.31. The molecule has 176 valence electrons. The molecular formula is C24H38O7. The monoisotopic (exact) mass is 438 g/mol. The highest BCUT2D eigenvalue weighted by molar-refractivity contribution is 5.72. The molecule has 0 unspecified atom stereocenters. The summed E-state index contributed by atoms with van der Waals surface area (Å²) in [6.45, 7) is 9.08. The van der Waals surface area contributed by atoms with E-state index < -0.39 is 35.7 Å². The molecule has 1 rings (SSSR count). The summed E-state index contributed by atoms with van der Waals surface area (Å²) in [5.41, 5.74) is 0.318. The summed E-state index contributed by atoms with van der Waals surface area (Å²) >= 11 is 0. The maximum Gasteiger partial charge on any atom is 0.309 e. The predicted molar refractivity (Wildman–Crippen MR) is 117 cm³/mol.